The van der Waals surface area contributed by atoms with Crippen molar-refractivity contribution < 1.29 is 24.2 Å². The molecule has 6 nitrogen and oxygen atoms in total. The Bertz CT molecular complexity index is 561. The lowest BCUT2D eigenvalue weighted by atomic mass is 9.98. The largest absolute Gasteiger partial charge is 0.550 e. The molecule has 0 aromatic heterocycles. The third-order valence-corrected chi connectivity index (χ3v) is 3.79. The number of amides is 1. The van der Waals surface area contributed by atoms with Gasteiger partial charge in [-0.3, -0.25) is 4.79 Å². The Kier molecular flexibility index (Phi) is 6.14. The molecule has 0 spiro atoms. The molecule has 0 aliphatic heterocycles. The van der Waals surface area contributed by atoms with E-state index in [9.17, 15) is 19.5 Å². The number of ether oxygens (including phenoxy) is 1. The first-order valence-electron chi connectivity index (χ1n) is 7.85. The highest BCUT2D eigenvalue weighted by atomic mass is 16.5. The van der Waals surface area contributed by atoms with Gasteiger partial charge in [-0.2, -0.15) is 0 Å². The lowest BCUT2D eigenvalue weighted by Crippen LogP contribution is -2.24. The maximum atomic E-state index is 12.0. The van der Waals surface area contributed by atoms with E-state index in [1.165, 1.54) is 6.42 Å². The number of nitrogens with one attached hydrogen (secondary N) is 1. The van der Waals surface area contributed by atoms with Gasteiger partial charge in [0.2, 0.25) is 5.91 Å². The maximum absolute atomic E-state index is 12.0. The molecule has 0 atom stereocenters. The summed E-state index contributed by atoms with van der Waals surface area (Å²) in [6.45, 7) is 0. The number of esters is 1. The molecule has 0 unspecified atom stereocenters. The molecule has 0 radical (unpaired) electrons. The quantitative estimate of drug-likeness (QED) is 0.805. The van der Waals surface area contributed by atoms with Gasteiger partial charge in [0.25, 0.3) is 0 Å². The van der Waals surface area contributed by atoms with Gasteiger partial charge in [-0.1, -0.05) is 6.42 Å². The number of carboxylic acid groups (broad SMARTS) is 1. The second-order valence-corrected chi connectivity index (χ2v) is 5.66. The van der Waals surface area contributed by atoms with E-state index in [1.807, 2.05) is 0 Å². The van der Waals surface area contributed by atoms with Gasteiger partial charge in [0, 0.05) is 18.1 Å². The summed E-state index contributed by atoms with van der Waals surface area (Å²) in [5.74, 6) is -2.03. The second-order valence-electron chi connectivity index (χ2n) is 5.66. The molecule has 1 aliphatic rings. The fraction of sp³-hybridized carbons (Fsp3) is 0.471. The zero-order chi connectivity index (χ0) is 16.7. The molecule has 0 bridgehead atoms. The molecule has 1 aromatic rings. The zero-order valence-corrected chi connectivity index (χ0v) is 12.9. The minimum atomic E-state index is -1.26. The average molecular weight is 318 g/mol. The molecular weight excluding hydrogens is 298 g/mol. The van der Waals surface area contributed by atoms with Crippen molar-refractivity contribution in [1.82, 2.24) is 0 Å². The number of hydrogen-bond acceptors (Lipinski definition) is 5. The number of hydrogen-bond donors (Lipinski definition) is 1. The van der Waals surface area contributed by atoms with E-state index in [2.05, 4.69) is 5.32 Å². The van der Waals surface area contributed by atoms with E-state index in [4.69, 9.17) is 4.74 Å². The van der Waals surface area contributed by atoms with Gasteiger partial charge in [-0.05, 0) is 56.4 Å². The van der Waals surface area contributed by atoms with Crippen LogP contribution in [0.2, 0.25) is 0 Å². The molecule has 1 aromatic carbocycles. The maximum Gasteiger partial charge on any atom is 0.338 e. The number of aliphatic carboxylic acids is 1. The van der Waals surface area contributed by atoms with Gasteiger partial charge in [-0.15, -0.1) is 0 Å². The summed E-state index contributed by atoms with van der Waals surface area (Å²) in [7, 11) is 0. The molecular formula is C17H20NO5-. The molecule has 6 heteroatoms. The van der Waals surface area contributed by atoms with Crippen LogP contribution in [0.15, 0.2) is 24.3 Å². The topological polar surface area (TPSA) is 95.5 Å². The molecule has 1 N–H and O–H groups in total. The number of carbonyl (C=O) groups excluding carboxylic acids is 3. The molecule has 0 heterocycles. The van der Waals surface area contributed by atoms with E-state index >= 15 is 0 Å². The number of carboxylic acids is 1. The van der Waals surface area contributed by atoms with Crippen LogP contribution in [0.3, 0.4) is 0 Å². The summed E-state index contributed by atoms with van der Waals surface area (Å²) in [4.78, 5) is 33.8. The van der Waals surface area contributed by atoms with Gasteiger partial charge in [0.1, 0.15) is 6.10 Å². The Labute approximate surface area is 134 Å². The number of anilines is 1. The van der Waals surface area contributed by atoms with Gasteiger partial charge in [-0.25, -0.2) is 4.79 Å². The van der Waals surface area contributed by atoms with Crippen LogP contribution in [0.25, 0.3) is 0 Å². The lowest BCUT2D eigenvalue weighted by molar-refractivity contribution is -0.305. The summed E-state index contributed by atoms with van der Waals surface area (Å²) in [5.41, 5.74) is 0.936. The SMILES string of the molecule is O=C([O-])CCC(=O)Nc1ccc(C(=O)OC2CCCCC2)cc1. The number of carbonyl (C=O) groups is 3. The fourth-order valence-corrected chi connectivity index (χ4v) is 2.53. The standard InChI is InChI=1S/C17H21NO5/c19-15(10-11-16(20)21)18-13-8-6-12(7-9-13)17(22)23-14-4-2-1-3-5-14/h6-9,14H,1-5,10-11H2,(H,18,19)(H,20,21)/p-1. The molecule has 23 heavy (non-hydrogen) atoms. The molecule has 124 valence electrons. The van der Waals surface area contributed by atoms with E-state index in [0.717, 1.165) is 25.7 Å². The first kappa shape index (κ1) is 17.0. The minimum Gasteiger partial charge on any atom is -0.550 e. The van der Waals surface area contributed by atoms with Crippen LogP contribution in [0, 0.1) is 0 Å². The van der Waals surface area contributed by atoms with Crippen LogP contribution in [-0.4, -0.2) is 23.9 Å². The van der Waals surface area contributed by atoms with Gasteiger partial charge < -0.3 is 20.0 Å². The Hall–Kier alpha value is -2.37. The Balaban J connectivity index is 1.84. The van der Waals surface area contributed by atoms with Crippen LogP contribution in [0.5, 0.6) is 0 Å². The van der Waals surface area contributed by atoms with Gasteiger partial charge in [0.15, 0.2) is 0 Å². The summed E-state index contributed by atoms with van der Waals surface area (Å²) in [5, 5.41) is 12.9. The van der Waals surface area contributed by atoms with E-state index in [-0.39, 0.29) is 24.9 Å². The molecule has 1 fully saturated rings. The van der Waals surface area contributed by atoms with Crippen LogP contribution in [0.1, 0.15) is 55.3 Å². The molecule has 2 rings (SSSR count). The summed E-state index contributed by atoms with van der Waals surface area (Å²) in [6, 6.07) is 6.35. The van der Waals surface area contributed by atoms with Crippen molar-refractivity contribution in [2.24, 2.45) is 0 Å². The van der Waals surface area contributed by atoms with Crippen LogP contribution >= 0.6 is 0 Å². The third-order valence-electron chi connectivity index (χ3n) is 3.79. The highest BCUT2D eigenvalue weighted by molar-refractivity contribution is 5.94. The highest BCUT2D eigenvalue weighted by Crippen LogP contribution is 2.21. The van der Waals surface area contributed by atoms with Crippen molar-refractivity contribution in [2.75, 3.05) is 5.32 Å². The normalized spacial score (nSPS) is 15.0. The molecule has 1 aliphatic carbocycles. The van der Waals surface area contributed by atoms with Gasteiger partial charge >= 0.3 is 5.97 Å². The second kappa shape index (κ2) is 8.31. The van der Waals surface area contributed by atoms with Crippen molar-refractivity contribution in [3.8, 4) is 0 Å². The highest BCUT2D eigenvalue weighted by Gasteiger charge is 2.18. The molecule has 1 amide bonds. The van der Waals surface area contributed by atoms with Crippen LogP contribution < -0.4 is 10.4 Å². The van der Waals surface area contributed by atoms with Crippen molar-refractivity contribution in [2.45, 2.75) is 51.0 Å². The Morgan fingerprint density at radius 1 is 1.04 bits per heavy atom. The summed E-state index contributed by atoms with van der Waals surface area (Å²) >= 11 is 0. The molecule has 0 saturated heterocycles. The zero-order valence-electron chi connectivity index (χ0n) is 12.9. The first-order valence-corrected chi connectivity index (χ1v) is 7.85. The lowest BCUT2D eigenvalue weighted by Gasteiger charge is -2.21. The van der Waals surface area contributed by atoms with Crippen LogP contribution in [-0.2, 0) is 14.3 Å². The fourth-order valence-electron chi connectivity index (χ4n) is 2.53. The van der Waals surface area contributed by atoms with E-state index in [1.54, 1.807) is 24.3 Å². The third kappa shape index (κ3) is 5.73. The first-order chi connectivity index (χ1) is 11.0. The molecule has 1 saturated carbocycles. The summed E-state index contributed by atoms with van der Waals surface area (Å²) < 4.78 is 5.46. The minimum absolute atomic E-state index is 0.000238. The van der Waals surface area contributed by atoms with E-state index < -0.39 is 11.9 Å². The van der Waals surface area contributed by atoms with Crippen molar-refractivity contribution in [3.05, 3.63) is 29.8 Å². The van der Waals surface area contributed by atoms with Crippen LogP contribution in [0.4, 0.5) is 5.69 Å². The predicted molar refractivity (Wildman–Crippen MR) is 81.6 cm³/mol. The smallest absolute Gasteiger partial charge is 0.338 e. The van der Waals surface area contributed by atoms with E-state index in [0.29, 0.717) is 11.3 Å². The summed E-state index contributed by atoms with van der Waals surface area (Å²) in [6.07, 6.45) is 4.74. The Morgan fingerprint density at radius 2 is 1.70 bits per heavy atom. The number of benzene rings is 1. The predicted octanol–water partition coefficient (Wildman–Crippen LogP) is 1.64. The average Bonchev–Trinajstić information content (AvgIpc) is 2.54. The van der Waals surface area contributed by atoms with Crippen molar-refractivity contribution >= 4 is 23.5 Å². The Morgan fingerprint density at radius 3 is 2.30 bits per heavy atom. The van der Waals surface area contributed by atoms with Crippen molar-refractivity contribution in [3.63, 3.8) is 0 Å². The van der Waals surface area contributed by atoms with Crippen molar-refractivity contribution in [1.29, 1.82) is 0 Å². The van der Waals surface area contributed by atoms with Gasteiger partial charge in [0.05, 0.1) is 5.56 Å². The monoisotopic (exact) mass is 318 g/mol. The number of rotatable bonds is 6.